The Morgan fingerprint density at radius 1 is 1.07 bits per heavy atom. The van der Waals surface area contributed by atoms with Crippen molar-refractivity contribution in [3.05, 3.63) is 24.3 Å². The standard InChI is InChI=1S/C7H10N2O4S2/c1-14(10,11)9-15(12,13)7-4-2-6(8)3-5-7/h2-5,9H,8H2,1H3. The van der Waals surface area contributed by atoms with Crippen molar-refractivity contribution in [2.45, 2.75) is 4.90 Å². The summed E-state index contributed by atoms with van der Waals surface area (Å²) in [6.45, 7) is 0. The molecule has 0 saturated carbocycles. The van der Waals surface area contributed by atoms with Gasteiger partial charge in [-0.3, -0.25) is 0 Å². The third-order valence-electron chi connectivity index (χ3n) is 1.45. The Hall–Kier alpha value is -1.12. The maximum absolute atomic E-state index is 11.4. The lowest BCUT2D eigenvalue weighted by Gasteiger charge is -2.04. The van der Waals surface area contributed by atoms with Crippen LogP contribution >= 0.6 is 0 Å². The fourth-order valence-electron chi connectivity index (χ4n) is 0.894. The molecule has 0 spiro atoms. The summed E-state index contributed by atoms with van der Waals surface area (Å²) in [6, 6.07) is 5.19. The average molecular weight is 250 g/mol. The molecule has 0 unspecified atom stereocenters. The van der Waals surface area contributed by atoms with Crippen molar-refractivity contribution in [2.24, 2.45) is 0 Å². The summed E-state index contributed by atoms with van der Waals surface area (Å²) >= 11 is 0. The fraction of sp³-hybridized carbons (Fsp3) is 0.143. The smallest absolute Gasteiger partial charge is 0.253 e. The van der Waals surface area contributed by atoms with E-state index >= 15 is 0 Å². The van der Waals surface area contributed by atoms with Crippen LogP contribution in [0.5, 0.6) is 0 Å². The van der Waals surface area contributed by atoms with Crippen LogP contribution in [0, 0.1) is 0 Å². The topological polar surface area (TPSA) is 106 Å². The van der Waals surface area contributed by atoms with Crippen molar-refractivity contribution >= 4 is 25.7 Å². The molecule has 0 heterocycles. The molecule has 0 atom stereocenters. The third kappa shape index (κ3) is 3.50. The zero-order chi connectivity index (χ0) is 11.7. The second-order valence-corrected chi connectivity index (χ2v) is 6.62. The molecule has 0 aliphatic rings. The van der Waals surface area contributed by atoms with Gasteiger partial charge >= 0.3 is 0 Å². The maximum Gasteiger partial charge on any atom is 0.253 e. The van der Waals surface area contributed by atoms with E-state index in [9.17, 15) is 16.8 Å². The highest BCUT2D eigenvalue weighted by Crippen LogP contribution is 2.11. The van der Waals surface area contributed by atoms with Crippen molar-refractivity contribution in [3.8, 4) is 0 Å². The molecule has 0 bridgehead atoms. The van der Waals surface area contributed by atoms with Gasteiger partial charge in [0.15, 0.2) is 0 Å². The van der Waals surface area contributed by atoms with Gasteiger partial charge in [-0.15, -0.1) is 4.13 Å². The van der Waals surface area contributed by atoms with Gasteiger partial charge in [-0.2, -0.15) is 0 Å². The van der Waals surface area contributed by atoms with Crippen molar-refractivity contribution < 1.29 is 16.8 Å². The number of nitrogens with one attached hydrogen (secondary N) is 1. The highest BCUT2D eigenvalue weighted by atomic mass is 32.3. The highest BCUT2D eigenvalue weighted by Gasteiger charge is 2.18. The Balaban J connectivity index is 3.13. The molecule has 84 valence electrons. The molecule has 8 heteroatoms. The summed E-state index contributed by atoms with van der Waals surface area (Å²) in [7, 11) is -7.84. The molecule has 1 aromatic carbocycles. The number of rotatable bonds is 3. The summed E-state index contributed by atoms with van der Waals surface area (Å²) in [6.07, 6.45) is 0.766. The summed E-state index contributed by atoms with van der Waals surface area (Å²) < 4.78 is 45.9. The molecular weight excluding hydrogens is 240 g/mol. The van der Waals surface area contributed by atoms with Crippen molar-refractivity contribution in [3.63, 3.8) is 0 Å². The normalized spacial score (nSPS) is 12.6. The first-order valence-corrected chi connectivity index (χ1v) is 7.17. The highest BCUT2D eigenvalue weighted by molar-refractivity contribution is 8.04. The predicted octanol–water partition coefficient (Wildman–Crippen LogP) is -0.493. The van der Waals surface area contributed by atoms with Gasteiger partial charge in [0.1, 0.15) is 0 Å². The van der Waals surface area contributed by atoms with E-state index in [2.05, 4.69) is 0 Å². The molecule has 0 aliphatic carbocycles. The minimum atomic E-state index is -4.03. The van der Waals surface area contributed by atoms with Crippen molar-refractivity contribution in [1.82, 2.24) is 4.13 Å². The van der Waals surface area contributed by atoms with E-state index in [1.807, 2.05) is 0 Å². The van der Waals surface area contributed by atoms with Crippen LogP contribution in [-0.2, 0) is 20.0 Å². The molecule has 15 heavy (non-hydrogen) atoms. The van der Waals surface area contributed by atoms with E-state index in [0.29, 0.717) is 5.69 Å². The van der Waals surface area contributed by atoms with Crippen LogP contribution in [0.1, 0.15) is 0 Å². The fourth-order valence-corrected chi connectivity index (χ4v) is 3.37. The van der Waals surface area contributed by atoms with E-state index in [0.717, 1.165) is 6.26 Å². The van der Waals surface area contributed by atoms with E-state index in [1.165, 1.54) is 28.4 Å². The van der Waals surface area contributed by atoms with Gasteiger partial charge in [0.05, 0.1) is 11.2 Å². The first-order chi connectivity index (χ1) is 6.71. The Bertz CT molecular complexity index is 545. The lowest BCUT2D eigenvalue weighted by molar-refractivity contribution is 0.580. The Morgan fingerprint density at radius 3 is 1.93 bits per heavy atom. The Morgan fingerprint density at radius 2 is 1.53 bits per heavy atom. The van der Waals surface area contributed by atoms with Crippen molar-refractivity contribution in [2.75, 3.05) is 12.0 Å². The van der Waals surface area contributed by atoms with E-state index < -0.39 is 20.0 Å². The molecule has 1 aromatic rings. The Labute approximate surface area is 88.2 Å². The quantitative estimate of drug-likeness (QED) is 0.704. The van der Waals surface area contributed by atoms with Crippen LogP contribution in [0.2, 0.25) is 0 Å². The number of hydrogen-bond acceptors (Lipinski definition) is 5. The van der Waals surface area contributed by atoms with Gasteiger partial charge in [-0.1, -0.05) is 0 Å². The van der Waals surface area contributed by atoms with E-state index in [4.69, 9.17) is 5.73 Å². The number of anilines is 1. The lowest BCUT2D eigenvalue weighted by Crippen LogP contribution is -2.29. The summed E-state index contributed by atoms with van der Waals surface area (Å²) in [5, 5.41) is 0. The van der Waals surface area contributed by atoms with Gasteiger partial charge < -0.3 is 5.73 Å². The van der Waals surface area contributed by atoms with Crippen LogP contribution in [0.3, 0.4) is 0 Å². The molecule has 3 N–H and O–H groups in total. The molecule has 6 nitrogen and oxygen atoms in total. The number of nitrogens with two attached hydrogens (primary N) is 1. The van der Waals surface area contributed by atoms with Crippen LogP contribution < -0.4 is 9.86 Å². The largest absolute Gasteiger partial charge is 0.399 e. The monoisotopic (exact) mass is 250 g/mol. The summed E-state index contributed by atoms with van der Waals surface area (Å²) in [4.78, 5) is -0.151. The Kier molecular flexibility index (Phi) is 3.03. The number of hydrogen-bond donors (Lipinski definition) is 2. The van der Waals surface area contributed by atoms with Gasteiger partial charge in [-0.05, 0) is 24.3 Å². The molecule has 0 amide bonds. The molecule has 0 aromatic heterocycles. The second-order valence-electron chi connectivity index (χ2n) is 2.93. The number of sulfonamides is 2. The molecule has 0 radical (unpaired) electrons. The lowest BCUT2D eigenvalue weighted by atomic mass is 10.3. The minimum absolute atomic E-state index is 0.151. The van der Waals surface area contributed by atoms with Crippen LogP contribution in [-0.4, -0.2) is 23.1 Å². The minimum Gasteiger partial charge on any atom is -0.399 e. The van der Waals surface area contributed by atoms with Crippen LogP contribution in [0.4, 0.5) is 5.69 Å². The summed E-state index contributed by atoms with van der Waals surface area (Å²) in [5.41, 5.74) is 5.76. The summed E-state index contributed by atoms with van der Waals surface area (Å²) in [5.74, 6) is 0. The maximum atomic E-state index is 11.4. The van der Waals surface area contributed by atoms with Gasteiger partial charge in [0.25, 0.3) is 10.0 Å². The SMILES string of the molecule is CS(=O)(=O)NS(=O)(=O)c1ccc(N)cc1. The molecule has 1 rings (SSSR count). The second kappa shape index (κ2) is 3.80. The molecule has 0 fully saturated rings. The van der Waals surface area contributed by atoms with Gasteiger partial charge in [0.2, 0.25) is 10.0 Å². The van der Waals surface area contributed by atoms with Crippen LogP contribution in [0.15, 0.2) is 29.2 Å². The predicted molar refractivity (Wildman–Crippen MR) is 56.0 cm³/mol. The van der Waals surface area contributed by atoms with E-state index in [1.54, 1.807) is 0 Å². The first-order valence-electron chi connectivity index (χ1n) is 3.80. The zero-order valence-electron chi connectivity index (χ0n) is 7.84. The molecule has 0 saturated heterocycles. The van der Waals surface area contributed by atoms with Crippen LogP contribution in [0.25, 0.3) is 0 Å². The van der Waals surface area contributed by atoms with Crippen molar-refractivity contribution in [1.29, 1.82) is 0 Å². The first kappa shape index (κ1) is 12.0. The van der Waals surface area contributed by atoms with Gasteiger partial charge in [0, 0.05) is 5.69 Å². The zero-order valence-corrected chi connectivity index (χ0v) is 9.47. The number of nitrogen functional groups attached to an aromatic ring is 1. The third-order valence-corrected chi connectivity index (χ3v) is 4.43. The number of benzene rings is 1. The van der Waals surface area contributed by atoms with E-state index in [-0.39, 0.29) is 4.90 Å². The van der Waals surface area contributed by atoms with Gasteiger partial charge in [-0.25, -0.2) is 16.8 Å². The molecule has 0 aliphatic heterocycles. The molecular formula is C7H10N2O4S2. The average Bonchev–Trinajstić information content (AvgIpc) is 2.00.